The third-order valence-electron chi connectivity index (χ3n) is 4.79. The highest BCUT2D eigenvalue weighted by Crippen LogP contribution is 2.16. The Balaban J connectivity index is 1.42. The van der Waals surface area contributed by atoms with E-state index in [-0.39, 0.29) is 12.5 Å². The number of anilines is 1. The summed E-state index contributed by atoms with van der Waals surface area (Å²) >= 11 is 6.17. The van der Waals surface area contributed by atoms with E-state index in [4.69, 9.17) is 11.6 Å². The fourth-order valence-corrected chi connectivity index (χ4v) is 3.37. The van der Waals surface area contributed by atoms with Crippen LogP contribution in [0.5, 0.6) is 0 Å². The topological polar surface area (TPSA) is 60.0 Å². The van der Waals surface area contributed by atoms with Gasteiger partial charge in [0.05, 0.1) is 6.54 Å². The van der Waals surface area contributed by atoms with Crippen molar-refractivity contribution in [2.75, 3.05) is 44.7 Å². The van der Waals surface area contributed by atoms with Gasteiger partial charge in [-0.15, -0.1) is 0 Å². The molecule has 3 rings (SSSR count). The number of piperazine rings is 1. The van der Waals surface area contributed by atoms with E-state index in [0.717, 1.165) is 31.7 Å². The highest BCUT2D eigenvalue weighted by Gasteiger charge is 2.21. The van der Waals surface area contributed by atoms with Crippen molar-refractivity contribution in [1.29, 1.82) is 0 Å². The molecule has 28 heavy (non-hydrogen) atoms. The molecular formula is C21H26ClN5O. The molecule has 6 nitrogen and oxygen atoms in total. The molecule has 0 spiro atoms. The maximum atomic E-state index is 12.5. The molecular weight excluding hydrogens is 374 g/mol. The van der Waals surface area contributed by atoms with Crippen molar-refractivity contribution in [3.05, 3.63) is 65.2 Å². The lowest BCUT2D eigenvalue weighted by atomic mass is 10.2. The second kappa shape index (κ2) is 9.99. The summed E-state index contributed by atoms with van der Waals surface area (Å²) in [6, 6.07) is 18.0. The number of nitrogens with zero attached hydrogens (tertiary/aromatic N) is 3. The maximum absolute atomic E-state index is 12.5. The van der Waals surface area contributed by atoms with Crippen LogP contribution in [-0.4, -0.2) is 56.5 Å². The van der Waals surface area contributed by atoms with Crippen LogP contribution in [0.2, 0.25) is 5.02 Å². The highest BCUT2D eigenvalue weighted by atomic mass is 35.5. The van der Waals surface area contributed by atoms with Crippen molar-refractivity contribution >= 4 is 29.2 Å². The van der Waals surface area contributed by atoms with E-state index in [1.807, 2.05) is 47.4 Å². The molecule has 0 radical (unpaired) electrons. The fraction of sp³-hybridized carbons (Fsp3) is 0.333. The van der Waals surface area contributed by atoms with Gasteiger partial charge in [0.2, 0.25) is 5.91 Å². The van der Waals surface area contributed by atoms with Crippen molar-refractivity contribution in [2.24, 2.45) is 4.99 Å². The Labute approximate surface area is 171 Å². The summed E-state index contributed by atoms with van der Waals surface area (Å²) in [7, 11) is 1.69. The zero-order chi connectivity index (χ0) is 19.8. The third kappa shape index (κ3) is 5.39. The average Bonchev–Trinajstić information content (AvgIpc) is 2.75. The Morgan fingerprint density at radius 1 is 1.00 bits per heavy atom. The highest BCUT2D eigenvalue weighted by molar-refractivity contribution is 6.31. The SMILES string of the molecule is CN=C(NCC(=O)N1CCN(c2ccccc2)CC1)NCc1ccccc1Cl. The predicted octanol–water partition coefficient (Wildman–Crippen LogP) is 2.35. The zero-order valence-electron chi connectivity index (χ0n) is 16.1. The largest absolute Gasteiger partial charge is 0.368 e. The first-order chi connectivity index (χ1) is 13.7. The number of halogens is 1. The first-order valence-corrected chi connectivity index (χ1v) is 9.81. The van der Waals surface area contributed by atoms with Gasteiger partial charge in [-0.3, -0.25) is 9.79 Å². The van der Waals surface area contributed by atoms with Crippen LogP contribution in [0.4, 0.5) is 5.69 Å². The number of rotatable bonds is 5. The maximum Gasteiger partial charge on any atom is 0.242 e. The summed E-state index contributed by atoms with van der Waals surface area (Å²) in [6.45, 7) is 3.89. The van der Waals surface area contributed by atoms with E-state index in [9.17, 15) is 4.79 Å². The molecule has 1 fully saturated rings. The van der Waals surface area contributed by atoms with Gasteiger partial charge in [0, 0.05) is 50.5 Å². The van der Waals surface area contributed by atoms with Gasteiger partial charge < -0.3 is 20.4 Å². The lowest BCUT2D eigenvalue weighted by molar-refractivity contribution is -0.130. The molecule has 148 valence electrons. The van der Waals surface area contributed by atoms with Crippen LogP contribution in [-0.2, 0) is 11.3 Å². The second-order valence-corrected chi connectivity index (χ2v) is 6.98. The quantitative estimate of drug-likeness (QED) is 0.598. The molecule has 1 aliphatic heterocycles. The van der Waals surface area contributed by atoms with Gasteiger partial charge in [-0.1, -0.05) is 48.0 Å². The summed E-state index contributed by atoms with van der Waals surface area (Å²) in [6.07, 6.45) is 0. The van der Waals surface area contributed by atoms with Crippen LogP contribution in [0.15, 0.2) is 59.6 Å². The van der Waals surface area contributed by atoms with Crippen molar-refractivity contribution in [2.45, 2.75) is 6.54 Å². The molecule has 1 saturated heterocycles. The van der Waals surface area contributed by atoms with Crippen LogP contribution < -0.4 is 15.5 Å². The minimum atomic E-state index is 0.0772. The van der Waals surface area contributed by atoms with Gasteiger partial charge in [-0.25, -0.2) is 0 Å². The molecule has 1 aliphatic rings. The summed E-state index contributed by atoms with van der Waals surface area (Å²) in [4.78, 5) is 20.9. The molecule has 0 atom stereocenters. The number of guanidine groups is 1. The monoisotopic (exact) mass is 399 g/mol. The van der Waals surface area contributed by atoms with E-state index < -0.39 is 0 Å². The van der Waals surface area contributed by atoms with Crippen LogP contribution in [0.3, 0.4) is 0 Å². The van der Waals surface area contributed by atoms with Gasteiger partial charge >= 0.3 is 0 Å². The molecule has 0 unspecified atom stereocenters. The smallest absolute Gasteiger partial charge is 0.242 e. The molecule has 2 N–H and O–H groups in total. The molecule has 0 aliphatic carbocycles. The van der Waals surface area contributed by atoms with Gasteiger partial charge in [0.15, 0.2) is 5.96 Å². The van der Waals surface area contributed by atoms with Crippen LogP contribution in [0.25, 0.3) is 0 Å². The minimum absolute atomic E-state index is 0.0772. The van der Waals surface area contributed by atoms with Gasteiger partial charge in [-0.2, -0.15) is 0 Å². The number of hydrogen-bond donors (Lipinski definition) is 2. The molecule has 0 saturated carbocycles. The Bertz CT molecular complexity index is 803. The average molecular weight is 400 g/mol. The zero-order valence-corrected chi connectivity index (χ0v) is 16.8. The number of para-hydroxylation sites is 1. The van der Waals surface area contributed by atoms with Crippen molar-refractivity contribution in [3.63, 3.8) is 0 Å². The van der Waals surface area contributed by atoms with Crippen molar-refractivity contribution in [1.82, 2.24) is 15.5 Å². The summed E-state index contributed by atoms with van der Waals surface area (Å²) < 4.78 is 0. The van der Waals surface area contributed by atoms with Crippen molar-refractivity contribution < 1.29 is 4.79 Å². The molecule has 7 heteroatoms. The number of nitrogens with one attached hydrogen (secondary N) is 2. The molecule has 1 amide bonds. The summed E-state index contributed by atoms with van der Waals surface area (Å²) in [5, 5.41) is 6.99. The van der Waals surface area contributed by atoms with Crippen LogP contribution in [0, 0.1) is 0 Å². The summed E-state index contributed by atoms with van der Waals surface area (Å²) in [5.74, 6) is 0.657. The Kier molecular flexibility index (Phi) is 7.14. The fourth-order valence-electron chi connectivity index (χ4n) is 3.17. The first-order valence-electron chi connectivity index (χ1n) is 9.43. The predicted molar refractivity (Wildman–Crippen MR) is 115 cm³/mol. The van der Waals surface area contributed by atoms with E-state index in [1.165, 1.54) is 5.69 Å². The first kappa shape index (κ1) is 20.0. The molecule has 0 bridgehead atoms. The lowest BCUT2D eigenvalue weighted by Crippen LogP contribution is -2.52. The third-order valence-corrected chi connectivity index (χ3v) is 5.16. The molecule has 0 aromatic heterocycles. The van der Waals surface area contributed by atoms with E-state index in [0.29, 0.717) is 17.5 Å². The van der Waals surface area contributed by atoms with Crippen molar-refractivity contribution in [3.8, 4) is 0 Å². The summed E-state index contributed by atoms with van der Waals surface area (Å²) in [5.41, 5.74) is 2.19. The second-order valence-electron chi connectivity index (χ2n) is 6.57. The Morgan fingerprint density at radius 2 is 1.68 bits per heavy atom. The molecule has 2 aromatic carbocycles. The van der Waals surface area contributed by atoms with Gasteiger partial charge in [0.25, 0.3) is 0 Å². The van der Waals surface area contributed by atoms with Gasteiger partial charge in [-0.05, 0) is 23.8 Å². The number of amides is 1. The van der Waals surface area contributed by atoms with E-state index >= 15 is 0 Å². The number of benzene rings is 2. The van der Waals surface area contributed by atoms with E-state index in [2.05, 4.69) is 32.7 Å². The lowest BCUT2D eigenvalue weighted by Gasteiger charge is -2.36. The van der Waals surface area contributed by atoms with Crippen LogP contribution >= 0.6 is 11.6 Å². The number of carbonyl (C=O) groups excluding carboxylic acids is 1. The number of hydrogen-bond acceptors (Lipinski definition) is 3. The number of carbonyl (C=O) groups is 1. The standard InChI is InChI=1S/C21H26ClN5O/c1-23-21(24-15-17-7-5-6-10-19(17)22)25-16-20(28)27-13-11-26(12-14-27)18-8-3-2-4-9-18/h2-10H,11-16H2,1H3,(H2,23,24,25). The van der Waals surface area contributed by atoms with E-state index in [1.54, 1.807) is 7.05 Å². The van der Waals surface area contributed by atoms with Crippen LogP contribution in [0.1, 0.15) is 5.56 Å². The number of aliphatic imine (C=N–C) groups is 1. The normalized spacial score (nSPS) is 14.7. The molecule has 2 aromatic rings. The van der Waals surface area contributed by atoms with Gasteiger partial charge in [0.1, 0.15) is 0 Å². The minimum Gasteiger partial charge on any atom is -0.368 e. The Hall–Kier alpha value is -2.73. The Morgan fingerprint density at radius 3 is 2.36 bits per heavy atom. The molecule has 1 heterocycles.